The molecule has 1 aromatic rings. The summed E-state index contributed by atoms with van der Waals surface area (Å²) >= 11 is 0. The molecule has 1 aliphatic carbocycles. The molecule has 0 atom stereocenters. The van der Waals surface area contributed by atoms with E-state index in [-0.39, 0.29) is 17.5 Å². The third-order valence-corrected chi connectivity index (χ3v) is 5.05. The van der Waals surface area contributed by atoms with Gasteiger partial charge in [-0.15, -0.1) is 0 Å². The van der Waals surface area contributed by atoms with Crippen LogP contribution < -0.4 is 5.32 Å². The Hall–Kier alpha value is -2.83. The number of benzene rings is 1. The number of amides is 1. The van der Waals surface area contributed by atoms with Crippen molar-refractivity contribution in [3.63, 3.8) is 0 Å². The zero-order valence-corrected chi connectivity index (χ0v) is 16.5. The molecule has 7 nitrogen and oxygen atoms in total. The zero-order valence-electron chi connectivity index (χ0n) is 16.5. The molecule has 1 aliphatic heterocycles. The van der Waals surface area contributed by atoms with Gasteiger partial charge in [0.05, 0.1) is 0 Å². The highest BCUT2D eigenvalue weighted by Crippen LogP contribution is 2.25. The third kappa shape index (κ3) is 4.52. The van der Waals surface area contributed by atoms with E-state index in [2.05, 4.69) is 5.32 Å². The fourth-order valence-corrected chi connectivity index (χ4v) is 3.51. The van der Waals surface area contributed by atoms with Gasteiger partial charge in [-0.2, -0.15) is 0 Å². The second kappa shape index (κ2) is 8.04. The number of carbonyl (C=O) groups is 3. The zero-order chi connectivity index (χ0) is 20.3. The van der Waals surface area contributed by atoms with E-state index < -0.39 is 17.7 Å². The summed E-state index contributed by atoms with van der Waals surface area (Å²) in [6, 6.07) is 7.23. The molecule has 1 amide bonds. The molecule has 3 rings (SSSR count). The molecule has 2 aliphatic rings. The molecule has 0 aromatic heterocycles. The van der Waals surface area contributed by atoms with E-state index in [0.717, 1.165) is 25.7 Å². The van der Waals surface area contributed by atoms with Crippen LogP contribution in [-0.4, -0.2) is 41.6 Å². The molecule has 0 unspecified atom stereocenters. The van der Waals surface area contributed by atoms with Gasteiger partial charge in [0.25, 0.3) is 11.7 Å². The summed E-state index contributed by atoms with van der Waals surface area (Å²) < 4.78 is 10.1. The second-order valence-corrected chi connectivity index (χ2v) is 7.67. The molecule has 28 heavy (non-hydrogen) atoms. The van der Waals surface area contributed by atoms with Crippen LogP contribution in [0.5, 0.6) is 0 Å². The quantitative estimate of drug-likeness (QED) is 0.486. The van der Waals surface area contributed by atoms with E-state index in [0.29, 0.717) is 11.3 Å². The van der Waals surface area contributed by atoms with Crippen LogP contribution in [0.4, 0.5) is 5.69 Å². The molecule has 1 saturated heterocycles. The number of anilines is 1. The predicted octanol–water partition coefficient (Wildman–Crippen LogP) is 3.22. The van der Waals surface area contributed by atoms with E-state index in [1.54, 1.807) is 24.3 Å². The number of hydrogen-bond acceptors (Lipinski definition) is 6. The number of rotatable bonds is 4. The number of hydrogen-bond donors (Lipinski definition) is 1. The number of nitrogens with zero attached hydrogens (tertiary/aromatic N) is 1. The van der Waals surface area contributed by atoms with Gasteiger partial charge in [-0.3, -0.25) is 4.79 Å². The van der Waals surface area contributed by atoms with Gasteiger partial charge in [-0.25, -0.2) is 9.59 Å². The molecule has 0 bridgehead atoms. The molecule has 1 N–H and O–H groups in total. The number of esters is 2. The molecule has 0 radical (unpaired) electrons. The van der Waals surface area contributed by atoms with Crippen LogP contribution in [0.3, 0.4) is 0 Å². The molecule has 150 valence electrons. The largest absolute Gasteiger partial charge is 0.419 e. The van der Waals surface area contributed by atoms with Crippen LogP contribution in [0.25, 0.3) is 0 Å². The van der Waals surface area contributed by atoms with E-state index >= 15 is 0 Å². The van der Waals surface area contributed by atoms with Crippen molar-refractivity contribution in [1.29, 1.82) is 0 Å². The number of cyclic esters (lactones) is 2. The third-order valence-electron chi connectivity index (χ3n) is 5.05. The summed E-state index contributed by atoms with van der Waals surface area (Å²) in [5.74, 6) is -2.82. The fraction of sp³-hybridized carbons (Fsp3) is 0.476. The van der Waals surface area contributed by atoms with Gasteiger partial charge in [-0.05, 0) is 31.0 Å². The average Bonchev–Trinajstić information content (AvgIpc) is 2.66. The van der Waals surface area contributed by atoms with Crippen LogP contribution >= 0.6 is 0 Å². The smallest absolute Gasteiger partial charge is 0.350 e. The summed E-state index contributed by atoms with van der Waals surface area (Å²) in [6.45, 7) is 2.98. The van der Waals surface area contributed by atoms with Crippen molar-refractivity contribution >= 4 is 23.5 Å². The molecule has 1 saturated carbocycles. The maximum Gasteiger partial charge on any atom is 0.350 e. The van der Waals surface area contributed by atoms with Crippen molar-refractivity contribution in [2.75, 3.05) is 12.4 Å². The Morgan fingerprint density at radius 3 is 2.43 bits per heavy atom. The summed E-state index contributed by atoms with van der Waals surface area (Å²) in [4.78, 5) is 38.6. The SMILES string of the molecule is CN(C(=O)c1cccc(NC=C2C(=O)OC(C)(C)OC2=O)c1)C1CCCCC1. The molecular formula is C21H26N2O5. The Morgan fingerprint density at radius 2 is 1.79 bits per heavy atom. The minimum atomic E-state index is -1.28. The van der Waals surface area contributed by atoms with E-state index in [1.807, 2.05) is 11.9 Å². The summed E-state index contributed by atoms with van der Waals surface area (Å²) in [5, 5.41) is 2.88. The molecule has 1 aromatic carbocycles. The maximum atomic E-state index is 12.8. The van der Waals surface area contributed by atoms with Crippen molar-refractivity contribution in [2.24, 2.45) is 0 Å². The highest BCUT2D eigenvalue weighted by molar-refractivity contribution is 6.15. The van der Waals surface area contributed by atoms with Crippen LogP contribution in [0, 0.1) is 0 Å². The Balaban J connectivity index is 1.70. The Kier molecular flexibility index (Phi) is 5.72. The van der Waals surface area contributed by atoms with Gasteiger partial charge < -0.3 is 19.7 Å². The van der Waals surface area contributed by atoms with E-state index in [4.69, 9.17) is 9.47 Å². The molecule has 2 fully saturated rings. The van der Waals surface area contributed by atoms with Gasteiger partial charge in [-0.1, -0.05) is 25.3 Å². The molecule has 0 spiro atoms. The lowest BCUT2D eigenvalue weighted by atomic mass is 9.94. The first-order chi connectivity index (χ1) is 13.3. The Morgan fingerprint density at radius 1 is 1.14 bits per heavy atom. The topological polar surface area (TPSA) is 84.9 Å². The van der Waals surface area contributed by atoms with Crippen molar-refractivity contribution < 1.29 is 23.9 Å². The lowest BCUT2D eigenvalue weighted by molar-refractivity contribution is -0.222. The summed E-state index contributed by atoms with van der Waals surface area (Å²) in [7, 11) is 1.84. The minimum absolute atomic E-state index is 0.0403. The first-order valence-corrected chi connectivity index (χ1v) is 9.57. The maximum absolute atomic E-state index is 12.8. The predicted molar refractivity (Wildman–Crippen MR) is 103 cm³/mol. The first-order valence-electron chi connectivity index (χ1n) is 9.57. The monoisotopic (exact) mass is 386 g/mol. The summed E-state index contributed by atoms with van der Waals surface area (Å²) in [6.07, 6.45) is 6.85. The number of ether oxygens (including phenoxy) is 2. The summed E-state index contributed by atoms with van der Waals surface area (Å²) in [5.41, 5.74) is 0.905. The standard InChI is InChI=1S/C21H26N2O5/c1-21(2)27-19(25)17(20(26)28-21)13-22-15-9-7-8-14(12-15)18(24)23(3)16-10-5-4-6-11-16/h7-9,12-13,16,22H,4-6,10-11H2,1-3H3. The highest BCUT2D eigenvalue weighted by Gasteiger charge is 2.39. The average molecular weight is 386 g/mol. The van der Waals surface area contributed by atoms with Gasteiger partial charge in [0.1, 0.15) is 0 Å². The number of nitrogens with one attached hydrogen (secondary N) is 1. The fourth-order valence-electron chi connectivity index (χ4n) is 3.51. The molecule has 1 heterocycles. The molecular weight excluding hydrogens is 360 g/mol. The van der Waals surface area contributed by atoms with Crippen LogP contribution in [-0.2, 0) is 19.1 Å². The lowest BCUT2D eigenvalue weighted by Gasteiger charge is -2.31. The first kappa shape index (κ1) is 19.9. The molecule has 7 heteroatoms. The van der Waals surface area contributed by atoms with E-state index in [9.17, 15) is 14.4 Å². The highest BCUT2D eigenvalue weighted by atomic mass is 16.7. The Bertz CT molecular complexity index is 787. The second-order valence-electron chi connectivity index (χ2n) is 7.67. The van der Waals surface area contributed by atoms with Gasteiger partial charge >= 0.3 is 11.9 Å². The van der Waals surface area contributed by atoms with Crippen molar-refractivity contribution in [3.8, 4) is 0 Å². The number of carbonyl (C=O) groups excluding carboxylic acids is 3. The van der Waals surface area contributed by atoms with E-state index in [1.165, 1.54) is 26.5 Å². The van der Waals surface area contributed by atoms with Gasteiger partial charge in [0.15, 0.2) is 5.57 Å². The normalized spacial score (nSPS) is 19.5. The van der Waals surface area contributed by atoms with Crippen molar-refractivity contribution in [2.45, 2.75) is 57.8 Å². The van der Waals surface area contributed by atoms with Gasteiger partial charge in [0.2, 0.25) is 0 Å². The van der Waals surface area contributed by atoms with Crippen molar-refractivity contribution in [1.82, 2.24) is 4.90 Å². The van der Waals surface area contributed by atoms with Crippen LogP contribution in [0.15, 0.2) is 36.0 Å². The van der Waals surface area contributed by atoms with Crippen molar-refractivity contribution in [3.05, 3.63) is 41.6 Å². The van der Waals surface area contributed by atoms with Crippen LogP contribution in [0.1, 0.15) is 56.3 Å². The van der Waals surface area contributed by atoms with Gasteiger partial charge in [0, 0.05) is 44.4 Å². The Labute approximate surface area is 164 Å². The minimum Gasteiger partial charge on any atom is -0.419 e. The lowest BCUT2D eigenvalue weighted by Crippen LogP contribution is -2.42. The van der Waals surface area contributed by atoms with Crippen LogP contribution in [0.2, 0.25) is 0 Å².